The molecule has 0 bridgehead atoms. The fourth-order valence-electron chi connectivity index (χ4n) is 3.38. The van der Waals surface area contributed by atoms with Crippen LogP contribution in [0.2, 0.25) is 0 Å². The van der Waals surface area contributed by atoms with E-state index in [1.54, 1.807) is 12.1 Å². The Morgan fingerprint density at radius 3 is 1.77 bits per heavy atom. The minimum atomic E-state index is -0.325. The van der Waals surface area contributed by atoms with Gasteiger partial charge in [0.05, 0.1) is 12.2 Å². The summed E-state index contributed by atoms with van der Waals surface area (Å²) in [7, 11) is 0. The molecule has 0 N–H and O–H groups in total. The van der Waals surface area contributed by atoms with Gasteiger partial charge in [-0.3, -0.25) is 4.79 Å². The van der Waals surface area contributed by atoms with Gasteiger partial charge in [-0.15, -0.1) is 0 Å². The number of carbonyl (C=O) groups excluding carboxylic acids is 2. The van der Waals surface area contributed by atoms with Gasteiger partial charge in [0.1, 0.15) is 0 Å². The molecule has 0 radical (unpaired) electrons. The van der Waals surface area contributed by atoms with E-state index in [0.29, 0.717) is 38.1 Å². The van der Waals surface area contributed by atoms with Gasteiger partial charge in [-0.05, 0) is 35.6 Å². The monoisotopic (exact) mass is 415 g/mol. The summed E-state index contributed by atoms with van der Waals surface area (Å²) in [6.07, 6.45) is 1.07. The number of rotatable bonds is 10. The molecule has 3 rings (SSSR count). The van der Waals surface area contributed by atoms with Crippen molar-refractivity contribution in [1.82, 2.24) is 4.90 Å². The normalized spacial score (nSPS) is 11.5. The second kappa shape index (κ2) is 11.7. The number of benzene rings is 3. The quantitative estimate of drug-likeness (QED) is 0.412. The molecule has 160 valence electrons. The summed E-state index contributed by atoms with van der Waals surface area (Å²) in [6.45, 7) is 3.48. The van der Waals surface area contributed by atoms with E-state index in [1.165, 1.54) is 0 Å². The SMILES string of the molecule is CC(CCOC(=O)c1ccccc1)CC(=O)N(Cc1ccccc1)Cc1ccccc1. The Morgan fingerprint density at radius 1 is 0.774 bits per heavy atom. The van der Waals surface area contributed by atoms with Gasteiger partial charge in [-0.25, -0.2) is 4.79 Å². The fraction of sp³-hybridized carbons (Fsp3) is 0.259. The van der Waals surface area contributed by atoms with Crippen LogP contribution in [0, 0.1) is 5.92 Å². The average Bonchev–Trinajstić information content (AvgIpc) is 2.80. The largest absolute Gasteiger partial charge is 0.462 e. The number of ether oxygens (including phenoxy) is 1. The first-order valence-corrected chi connectivity index (χ1v) is 10.7. The minimum Gasteiger partial charge on any atom is -0.462 e. The summed E-state index contributed by atoms with van der Waals surface area (Å²) in [4.78, 5) is 27.1. The van der Waals surface area contributed by atoms with E-state index >= 15 is 0 Å². The summed E-state index contributed by atoms with van der Waals surface area (Å²) < 4.78 is 5.37. The molecule has 1 amide bonds. The van der Waals surface area contributed by atoms with E-state index < -0.39 is 0 Å². The van der Waals surface area contributed by atoms with E-state index in [1.807, 2.05) is 90.7 Å². The molecule has 0 heterocycles. The molecule has 0 saturated heterocycles. The highest BCUT2D eigenvalue weighted by Crippen LogP contribution is 2.16. The highest BCUT2D eigenvalue weighted by Gasteiger charge is 2.18. The van der Waals surface area contributed by atoms with Gasteiger partial charge in [0.25, 0.3) is 0 Å². The van der Waals surface area contributed by atoms with E-state index in [4.69, 9.17) is 4.74 Å². The molecule has 0 aromatic heterocycles. The third-order valence-electron chi connectivity index (χ3n) is 5.16. The standard InChI is InChI=1S/C27H29NO3/c1-22(17-18-31-27(30)25-15-9-4-10-16-25)19-26(29)28(20-23-11-5-2-6-12-23)21-24-13-7-3-8-14-24/h2-16,22H,17-21H2,1H3. The van der Waals surface area contributed by atoms with Crippen LogP contribution < -0.4 is 0 Å². The molecule has 0 saturated carbocycles. The zero-order valence-corrected chi connectivity index (χ0v) is 17.9. The third kappa shape index (κ3) is 7.41. The lowest BCUT2D eigenvalue weighted by molar-refractivity contribution is -0.133. The molecule has 0 spiro atoms. The van der Waals surface area contributed by atoms with Gasteiger partial charge in [-0.2, -0.15) is 0 Å². The van der Waals surface area contributed by atoms with Crippen molar-refractivity contribution in [3.63, 3.8) is 0 Å². The maximum absolute atomic E-state index is 13.1. The Bertz CT molecular complexity index is 900. The highest BCUT2D eigenvalue weighted by atomic mass is 16.5. The van der Waals surface area contributed by atoms with Crippen molar-refractivity contribution in [1.29, 1.82) is 0 Å². The zero-order valence-electron chi connectivity index (χ0n) is 17.9. The first-order valence-electron chi connectivity index (χ1n) is 10.7. The van der Waals surface area contributed by atoms with Crippen LogP contribution in [0.15, 0.2) is 91.0 Å². The molecule has 1 unspecified atom stereocenters. The van der Waals surface area contributed by atoms with Crippen LogP contribution >= 0.6 is 0 Å². The number of carbonyl (C=O) groups is 2. The number of nitrogens with zero attached hydrogens (tertiary/aromatic N) is 1. The summed E-state index contributed by atoms with van der Waals surface area (Å²) in [6, 6.07) is 29.0. The second-order valence-corrected chi connectivity index (χ2v) is 7.82. The van der Waals surface area contributed by atoms with Crippen LogP contribution in [0.4, 0.5) is 0 Å². The molecule has 31 heavy (non-hydrogen) atoms. The predicted octanol–water partition coefficient (Wildman–Crippen LogP) is 5.49. The average molecular weight is 416 g/mol. The lowest BCUT2D eigenvalue weighted by atomic mass is 10.0. The molecule has 3 aromatic rings. The summed E-state index contributed by atoms with van der Waals surface area (Å²) in [5, 5.41) is 0. The third-order valence-corrected chi connectivity index (χ3v) is 5.16. The van der Waals surface area contributed by atoms with Crippen LogP contribution in [0.3, 0.4) is 0 Å². The minimum absolute atomic E-state index is 0.106. The molecule has 0 aliphatic heterocycles. The molecule has 4 heteroatoms. The smallest absolute Gasteiger partial charge is 0.338 e. The van der Waals surface area contributed by atoms with E-state index in [0.717, 1.165) is 11.1 Å². The molecule has 4 nitrogen and oxygen atoms in total. The molecule has 0 fully saturated rings. The van der Waals surface area contributed by atoms with Crippen molar-refractivity contribution in [2.45, 2.75) is 32.9 Å². The number of amides is 1. The Kier molecular flexibility index (Phi) is 8.41. The summed E-state index contributed by atoms with van der Waals surface area (Å²) in [5.41, 5.74) is 2.76. The highest BCUT2D eigenvalue weighted by molar-refractivity contribution is 5.89. The van der Waals surface area contributed by atoms with Crippen molar-refractivity contribution in [3.05, 3.63) is 108 Å². The Labute approximate surface area is 184 Å². The van der Waals surface area contributed by atoms with Crippen molar-refractivity contribution >= 4 is 11.9 Å². The van der Waals surface area contributed by atoms with Crippen molar-refractivity contribution < 1.29 is 14.3 Å². The van der Waals surface area contributed by atoms with Gasteiger partial charge in [-0.1, -0.05) is 85.8 Å². The van der Waals surface area contributed by atoms with E-state index in [2.05, 4.69) is 0 Å². The molecular weight excluding hydrogens is 386 g/mol. The lowest BCUT2D eigenvalue weighted by Crippen LogP contribution is -2.31. The number of hydrogen-bond acceptors (Lipinski definition) is 3. The molecule has 3 aromatic carbocycles. The van der Waals surface area contributed by atoms with Crippen molar-refractivity contribution in [3.8, 4) is 0 Å². The first kappa shape index (κ1) is 22.3. The Balaban J connectivity index is 1.54. The van der Waals surface area contributed by atoms with Crippen LogP contribution in [0.25, 0.3) is 0 Å². The maximum Gasteiger partial charge on any atom is 0.338 e. The topological polar surface area (TPSA) is 46.6 Å². The summed E-state index contributed by atoms with van der Waals surface area (Å²) in [5.74, 6) is -0.103. The molecule has 1 atom stereocenters. The van der Waals surface area contributed by atoms with Gasteiger partial charge in [0.2, 0.25) is 5.91 Å². The van der Waals surface area contributed by atoms with Crippen LogP contribution in [0.1, 0.15) is 41.3 Å². The molecule has 0 aliphatic rings. The summed E-state index contributed by atoms with van der Waals surface area (Å²) >= 11 is 0. The Hall–Kier alpha value is -3.40. The molecular formula is C27H29NO3. The number of hydrogen-bond donors (Lipinski definition) is 0. The van der Waals surface area contributed by atoms with Crippen molar-refractivity contribution in [2.24, 2.45) is 5.92 Å². The van der Waals surface area contributed by atoms with Gasteiger partial charge in [0.15, 0.2) is 0 Å². The van der Waals surface area contributed by atoms with Gasteiger partial charge < -0.3 is 9.64 Å². The van der Waals surface area contributed by atoms with Crippen molar-refractivity contribution in [2.75, 3.05) is 6.61 Å². The predicted molar refractivity (Wildman–Crippen MR) is 122 cm³/mol. The van der Waals surface area contributed by atoms with E-state index in [9.17, 15) is 9.59 Å². The van der Waals surface area contributed by atoms with E-state index in [-0.39, 0.29) is 17.8 Å². The maximum atomic E-state index is 13.1. The van der Waals surface area contributed by atoms with Gasteiger partial charge >= 0.3 is 5.97 Å². The fourth-order valence-corrected chi connectivity index (χ4v) is 3.38. The van der Waals surface area contributed by atoms with Gasteiger partial charge in [0, 0.05) is 19.5 Å². The molecule has 0 aliphatic carbocycles. The lowest BCUT2D eigenvalue weighted by Gasteiger charge is -2.25. The zero-order chi connectivity index (χ0) is 21.9. The Morgan fingerprint density at radius 2 is 1.26 bits per heavy atom. The first-order chi connectivity index (χ1) is 15.1. The number of esters is 1. The van der Waals surface area contributed by atoms with Crippen LogP contribution in [-0.2, 0) is 22.6 Å². The van der Waals surface area contributed by atoms with Crippen LogP contribution in [0.5, 0.6) is 0 Å². The van der Waals surface area contributed by atoms with Crippen LogP contribution in [-0.4, -0.2) is 23.4 Å². The second-order valence-electron chi connectivity index (χ2n) is 7.82.